The first-order valence-electron chi connectivity index (χ1n) is 3.49. The molecule has 0 aliphatic heterocycles. The Bertz CT molecular complexity index is 245. The predicted octanol–water partition coefficient (Wildman–Crippen LogP) is 2.66. The molecular formula is C7H11BrN2S. The molecule has 11 heavy (non-hydrogen) atoms. The number of imidazole rings is 1. The molecule has 0 radical (unpaired) electrons. The third-order valence-corrected chi connectivity index (χ3v) is 2.42. The highest BCUT2D eigenvalue weighted by molar-refractivity contribution is 9.10. The van der Waals surface area contributed by atoms with Crippen LogP contribution in [0.4, 0.5) is 0 Å². The lowest BCUT2D eigenvalue weighted by Crippen LogP contribution is -2.04. The van der Waals surface area contributed by atoms with Crippen LogP contribution >= 0.6 is 28.6 Å². The van der Waals surface area contributed by atoms with Gasteiger partial charge >= 0.3 is 0 Å². The van der Waals surface area contributed by atoms with Gasteiger partial charge in [-0.1, -0.05) is 0 Å². The quantitative estimate of drug-likeness (QED) is 0.780. The molecule has 1 heterocycles. The van der Waals surface area contributed by atoms with E-state index in [-0.39, 0.29) is 0 Å². The van der Waals surface area contributed by atoms with Crippen molar-refractivity contribution >= 4 is 28.6 Å². The summed E-state index contributed by atoms with van der Waals surface area (Å²) in [5.74, 6) is 0.733. The number of nitrogens with zero attached hydrogens (tertiary/aromatic N) is 2. The van der Waals surface area contributed by atoms with Crippen molar-refractivity contribution in [2.24, 2.45) is 0 Å². The summed E-state index contributed by atoms with van der Waals surface area (Å²) in [7, 11) is 0. The largest absolute Gasteiger partial charge is 0.319 e. The van der Waals surface area contributed by atoms with Gasteiger partial charge in [-0.05, 0) is 29.8 Å². The zero-order valence-electron chi connectivity index (χ0n) is 6.58. The fourth-order valence-corrected chi connectivity index (χ4v) is 2.01. The number of halogens is 1. The standard InChI is InChI=1S/C7H11BrN2S/c1-5(2)10-6(4-11)3-9-7(10)8/h3,5,11H,4H2,1-2H3. The molecule has 1 rings (SSSR count). The van der Waals surface area contributed by atoms with E-state index in [4.69, 9.17) is 0 Å². The summed E-state index contributed by atoms with van der Waals surface area (Å²) >= 11 is 7.58. The van der Waals surface area contributed by atoms with Gasteiger partial charge < -0.3 is 4.57 Å². The number of thiol groups is 1. The number of hydrogen-bond donors (Lipinski definition) is 1. The third-order valence-electron chi connectivity index (χ3n) is 1.51. The lowest BCUT2D eigenvalue weighted by Gasteiger charge is -2.11. The molecule has 0 spiro atoms. The highest BCUT2D eigenvalue weighted by atomic mass is 79.9. The molecule has 62 valence electrons. The Hall–Kier alpha value is 0.0400. The van der Waals surface area contributed by atoms with Crippen LogP contribution in [-0.2, 0) is 5.75 Å². The van der Waals surface area contributed by atoms with E-state index in [1.165, 1.54) is 0 Å². The van der Waals surface area contributed by atoms with Gasteiger partial charge in [-0.15, -0.1) is 0 Å². The van der Waals surface area contributed by atoms with E-state index in [9.17, 15) is 0 Å². The summed E-state index contributed by atoms with van der Waals surface area (Å²) in [4.78, 5) is 4.14. The smallest absolute Gasteiger partial charge is 0.177 e. The van der Waals surface area contributed by atoms with E-state index in [1.807, 2.05) is 6.20 Å². The van der Waals surface area contributed by atoms with Crippen molar-refractivity contribution in [2.75, 3.05) is 0 Å². The second-order valence-corrected chi connectivity index (χ2v) is 3.67. The summed E-state index contributed by atoms with van der Waals surface area (Å²) in [5, 5.41) is 0. The maximum Gasteiger partial charge on any atom is 0.177 e. The Morgan fingerprint density at radius 1 is 1.73 bits per heavy atom. The highest BCUT2D eigenvalue weighted by Crippen LogP contribution is 2.18. The van der Waals surface area contributed by atoms with Gasteiger partial charge in [0.2, 0.25) is 0 Å². The van der Waals surface area contributed by atoms with Crippen LogP contribution in [0.25, 0.3) is 0 Å². The van der Waals surface area contributed by atoms with E-state index < -0.39 is 0 Å². The van der Waals surface area contributed by atoms with Crippen LogP contribution in [0.2, 0.25) is 0 Å². The van der Waals surface area contributed by atoms with Crippen molar-refractivity contribution in [3.05, 3.63) is 16.6 Å². The van der Waals surface area contributed by atoms with Crippen molar-refractivity contribution in [1.82, 2.24) is 9.55 Å². The maximum atomic E-state index is 4.21. The van der Waals surface area contributed by atoms with Crippen molar-refractivity contribution in [2.45, 2.75) is 25.6 Å². The Balaban J connectivity index is 3.07. The number of hydrogen-bond acceptors (Lipinski definition) is 2. The van der Waals surface area contributed by atoms with Gasteiger partial charge in [0.05, 0.1) is 6.20 Å². The zero-order valence-corrected chi connectivity index (χ0v) is 9.06. The first-order chi connectivity index (χ1) is 5.16. The van der Waals surface area contributed by atoms with Crippen molar-refractivity contribution in [3.63, 3.8) is 0 Å². The Morgan fingerprint density at radius 3 is 2.73 bits per heavy atom. The average Bonchev–Trinajstić information content (AvgIpc) is 2.30. The van der Waals surface area contributed by atoms with Crippen molar-refractivity contribution in [3.8, 4) is 0 Å². The average molecular weight is 235 g/mol. The monoisotopic (exact) mass is 234 g/mol. The van der Waals surface area contributed by atoms with E-state index in [1.54, 1.807) is 0 Å². The van der Waals surface area contributed by atoms with Gasteiger partial charge in [-0.25, -0.2) is 4.98 Å². The molecule has 1 aromatic rings. The van der Waals surface area contributed by atoms with Crippen LogP contribution in [0, 0.1) is 0 Å². The zero-order chi connectivity index (χ0) is 8.43. The van der Waals surface area contributed by atoms with Gasteiger partial charge in [0.1, 0.15) is 0 Å². The highest BCUT2D eigenvalue weighted by Gasteiger charge is 2.08. The molecule has 0 unspecified atom stereocenters. The lowest BCUT2D eigenvalue weighted by atomic mass is 10.4. The van der Waals surface area contributed by atoms with Crippen LogP contribution in [0.5, 0.6) is 0 Å². The summed E-state index contributed by atoms with van der Waals surface area (Å²) in [6, 6.07) is 0.439. The predicted molar refractivity (Wildman–Crippen MR) is 53.0 cm³/mol. The fraction of sp³-hybridized carbons (Fsp3) is 0.571. The van der Waals surface area contributed by atoms with Crippen LogP contribution in [0.15, 0.2) is 10.9 Å². The SMILES string of the molecule is CC(C)n1c(CS)cnc1Br. The molecule has 0 saturated carbocycles. The Kier molecular flexibility index (Phi) is 3.01. The van der Waals surface area contributed by atoms with Crippen molar-refractivity contribution < 1.29 is 0 Å². The van der Waals surface area contributed by atoms with Gasteiger partial charge in [0.15, 0.2) is 4.73 Å². The molecule has 1 aromatic heterocycles. The van der Waals surface area contributed by atoms with Gasteiger partial charge in [0.25, 0.3) is 0 Å². The lowest BCUT2D eigenvalue weighted by molar-refractivity contribution is 0.571. The molecule has 0 amide bonds. The molecule has 0 aliphatic carbocycles. The summed E-state index contributed by atoms with van der Waals surface area (Å²) in [5.41, 5.74) is 1.15. The minimum atomic E-state index is 0.439. The van der Waals surface area contributed by atoms with E-state index in [0.29, 0.717) is 6.04 Å². The molecule has 0 N–H and O–H groups in total. The molecule has 4 heteroatoms. The van der Waals surface area contributed by atoms with E-state index >= 15 is 0 Å². The maximum absolute atomic E-state index is 4.21. The second kappa shape index (κ2) is 3.63. The molecule has 0 aromatic carbocycles. The van der Waals surface area contributed by atoms with Gasteiger partial charge in [-0.3, -0.25) is 0 Å². The molecule has 0 fully saturated rings. The van der Waals surface area contributed by atoms with Crippen molar-refractivity contribution in [1.29, 1.82) is 0 Å². The molecular weight excluding hydrogens is 224 g/mol. The third kappa shape index (κ3) is 1.79. The van der Waals surface area contributed by atoms with Crippen LogP contribution < -0.4 is 0 Å². The van der Waals surface area contributed by atoms with Gasteiger partial charge in [-0.2, -0.15) is 12.6 Å². The van der Waals surface area contributed by atoms with Crippen LogP contribution in [-0.4, -0.2) is 9.55 Å². The molecule has 0 aliphatic rings. The van der Waals surface area contributed by atoms with E-state index in [2.05, 4.69) is 52.0 Å². The molecule has 0 atom stereocenters. The van der Waals surface area contributed by atoms with E-state index in [0.717, 1.165) is 16.2 Å². The number of rotatable bonds is 2. The number of aromatic nitrogens is 2. The second-order valence-electron chi connectivity index (χ2n) is 2.64. The molecule has 0 bridgehead atoms. The normalized spacial score (nSPS) is 11.0. The summed E-state index contributed by atoms with van der Waals surface area (Å²) in [6.07, 6.45) is 1.84. The summed E-state index contributed by atoms with van der Waals surface area (Å²) < 4.78 is 3.00. The first-order valence-corrected chi connectivity index (χ1v) is 4.91. The van der Waals surface area contributed by atoms with Gasteiger partial charge in [0, 0.05) is 17.5 Å². The first kappa shape index (κ1) is 9.13. The molecule has 2 nitrogen and oxygen atoms in total. The summed E-state index contributed by atoms with van der Waals surface area (Å²) in [6.45, 7) is 4.25. The minimum Gasteiger partial charge on any atom is -0.319 e. The van der Waals surface area contributed by atoms with Crippen LogP contribution in [0.1, 0.15) is 25.6 Å². The Morgan fingerprint density at radius 2 is 2.36 bits per heavy atom. The Labute approximate surface area is 80.6 Å². The van der Waals surface area contributed by atoms with Crippen LogP contribution in [0.3, 0.4) is 0 Å². The fourth-order valence-electron chi connectivity index (χ4n) is 1.03. The minimum absolute atomic E-state index is 0.439. The molecule has 0 saturated heterocycles. The topological polar surface area (TPSA) is 17.8 Å².